The van der Waals surface area contributed by atoms with Gasteiger partial charge in [-0.15, -0.1) is 11.3 Å². The highest BCUT2D eigenvalue weighted by atomic mass is 32.2. The highest BCUT2D eigenvalue weighted by Crippen LogP contribution is 2.33. The number of halogens is 1. The third-order valence-corrected chi connectivity index (χ3v) is 7.89. The standard InChI is InChI=1S/C21H23FN6O4S2/c1-4-32-17-10-23-9-15(25-17)12-7-14(22)18(24-8-12)27-19(29)21(2,3)16-11-33-20(26-16)28-34(30,31)13-5-6-13/h7-11,13H,4-6H2,1-3H3,(H,26,28)(H,24,27,29). The molecular weight excluding hydrogens is 483 g/mol. The smallest absolute Gasteiger partial charge is 0.237 e. The molecule has 3 aromatic rings. The third-order valence-electron chi connectivity index (χ3n) is 5.18. The number of thiazole rings is 1. The molecule has 0 unspecified atom stereocenters. The lowest BCUT2D eigenvalue weighted by Crippen LogP contribution is -2.35. The van der Waals surface area contributed by atoms with E-state index < -0.39 is 27.2 Å². The van der Waals surface area contributed by atoms with Crippen molar-refractivity contribution in [3.05, 3.63) is 41.5 Å². The molecule has 0 aromatic carbocycles. The molecule has 4 rings (SSSR count). The summed E-state index contributed by atoms with van der Waals surface area (Å²) in [6, 6.07) is 1.20. The van der Waals surface area contributed by atoms with E-state index in [0.29, 0.717) is 42.3 Å². The van der Waals surface area contributed by atoms with Crippen molar-refractivity contribution < 1.29 is 22.3 Å². The van der Waals surface area contributed by atoms with Crippen LogP contribution in [0, 0.1) is 5.82 Å². The second-order valence-electron chi connectivity index (χ2n) is 8.19. The van der Waals surface area contributed by atoms with Gasteiger partial charge in [0.05, 0.1) is 41.1 Å². The molecule has 13 heteroatoms. The van der Waals surface area contributed by atoms with Crippen LogP contribution < -0.4 is 14.8 Å². The fourth-order valence-corrected chi connectivity index (χ4v) is 5.42. The van der Waals surface area contributed by atoms with E-state index in [2.05, 4.69) is 30.0 Å². The maximum atomic E-state index is 14.8. The van der Waals surface area contributed by atoms with Gasteiger partial charge in [-0.1, -0.05) is 0 Å². The molecule has 180 valence electrons. The molecule has 10 nitrogen and oxygen atoms in total. The molecule has 1 fully saturated rings. The zero-order valence-corrected chi connectivity index (χ0v) is 20.3. The second kappa shape index (κ2) is 9.22. The number of hydrogen-bond acceptors (Lipinski definition) is 9. The van der Waals surface area contributed by atoms with Crippen LogP contribution in [-0.4, -0.2) is 46.1 Å². The lowest BCUT2D eigenvalue weighted by molar-refractivity contribution is -0.120. The molecule has 1 saturated carbocycles. The van der Waals surface area contributed by atoms with Crippen LogP contribution in [0.3, 0.4) is 0 Å². The Morgan fingerprint density at radius 2 is 2.03 bits per heavy atom. The Morgan fingerprint density at radius 1 is 1.26 bits per heavy atom. The van der Waals surface area contributed by atoms with Crippen molar-refractivity contribution in [3.63, 3.8) is 0 Å². The molecule has 0 saturated heterocycles. The van der Waals surface area contributed by atoms with Gasteiger partial charge in [0.15, 0.2) is 16.8 Å². The summed E-state index contributed by atoms with van der Waals surface area (Å²) < 4.78 is 46.8. The molecule has 3 heterocycles. The third kappa shape index (κ3) is 5.14. The molecule has 0 spiro atoms. The van der Waals surface area contributed by atoms with E-state index in [1.165, 1.54) is 24.7 Å². The van der Waals surface area contributed by atoms with E-state index in [1.54, 1.807) is 19.2 Å². The zero-order chi connectivity index (χ0) is 24.5. The molecule has 34 heavy (non-hydrogen) atoms. The Labute approximate surface area is 200 Å². The van der Waals surface area contributed by atoms with Crippen molar-refractivity contribution in [2.24, 2.45) is 0 Å². The van der Waals surface area contributed by atoms with Gasteiger partial charge in [0.1, 0.15) is 0 Å². The number of nitrogens with zero attached hydrogens (tertiary/aromatic N) is 4. The van der Waals surface area contributed by atoms with Crippen LogP contribution >= 0.6 is 11.3 Å². The van der Waals surface area contributed by atoms with Gasteiger partial charge < -0.3 is 10.1 Å². The molecule has 3 aromatic heterocycles. The number of pyridine rings is 1. The number of rotatable bonds is 9. The predicted molar refractivity (Wildman–Crippen MR) is 126 cm³/mol. The maximum Gasteiger partial charge on any atom is 0.237 e. The number of nitrogens with one attached hydrogen (secondary N) is 2. The van der Waals surface area contributed by atoms with Gasteiger partial charge in [-0.2, -0.15) is 0 Å². The van der Waals surface area contributed by atoms with Crippen LogP contribution in [0.4, 0.5) is 15.3 Å². The molecule has 0 aliphatic heterocycles. The zero-order valence-electron chi connectivity index (χ0n) is 18.7. The van der Waals surface area contributed by atoms with Crippen LogP contribution in [0.25, 0.3) is 11.3 Å². The van der Waals surface area contributed by atoms with Gasteiger partial charge in [-0.05, 0) is 39.7 Å². The first kappa shape index (κ1) is 24.0. The minimum Gasteiger partial charge on any atom is -0.477 e. The molecule has 1 aliphatic carbocycles. The average Bonchev–Trinajstić information content (AvgIpc) is 3.56. The molecule has 2 N–H and O–H groups in total. The summed E-state index contributed by atoms with van der Waals surface area (Å²) >= 11 is 1.09. The van der Waals surface area contributed by atoms with Crippen molar-refractivity contribution in [2.45, 2.75) is 44.3 Å². The number of hydrogen-bond donors (Lipinski definition) is 2. The largest absolute Gasteiger partial charge is 0.477 e. The van der Waals surface area contributed by atoms with E-state index in [9.17, 15) is 17.6 Å². The highest BCUT2D eigenvalue weighted by Gasteiger charge is 2.37. The fraction of sp³-hybridized carbons (Fsp3) is 0.381. The summed E-state index contributed by atoms with van der Waals surface area (Å²) in [4.78, 5) is 29.5. The Morgan fingerprint density at radius 3 is 2.71 bits per heavy atom. The summed E-state index contributed by atoms with van der Waals surface area (Å²) in [5.41, 5.74) is -0.0808. The quantitative estimate of drug-likeness (QED) is 0.451. The lowest BCUT2D eigenvalue weighted by Gasteiger charge is -2.21. The lowest BCUT2D eigenvalue weighted by atomic mass is 9.89. The van der Waals surface area contributed by atoms with Crippen LogP contribution in [0.15, 0.2) is 30.0 Å². The number of ether oxygens (including phenoxy) is 1. The molecule has 0 atom stereocenters. The molecule has 1 aliphatic rings. The summed E-state index contributed by atoms with van der Waals surface area (Å²) in [6.07, 6.45) is 5.54. The monoisotopic (exact) mass is 506 g/mol. The number of carbonyl (C=O) groups is 1. The number of carbonyl (C=O) groups excluding carboxylic acids is 1. The van der Waals surface area contributed by atoms with Gasteiger partial charge in [-0.3, -0.25) is 14.5 Å². The second-order valence-corrected chi connectivity index (χ2v) is 11.0. The van der Waals surface area contributed by atoms with Crippen molar-refractivity contribution >= 4 is 38.2 Å². The minimum absolute atomic E-state index is 0.187. The Bertz CT molecular complexity index is 1320. The summed E-state index contributed by atoms with van der Waals surface area (Å²) in [6.45, 7) is 5.45. The van der Waals surface area contributed by atoms with Gasteiger partial charge in [0.2, 0.25) is 21.8 Å². The van der Waals surface area contributed by atoms with Gasteiger partial charge in [-0.25, -0.2) is 27.8 Å². The van der Waals surface area contributed by atoms with Crippen LogP contribution in [0.5, 0.6) is 5.88 Å². The topological polar surface area (TPSA) is 136 Å². The van der Waals surface area contributed by atoms with E-state index in [1.807, 2.05) is 6.92 Å². The Kier molecular flexibility index (Phi) is 6.49. The van der Waals surface area contributed by atoms with Crippen molar-refractivity contribution in [3.8, 4) is 17.1 Å². The van der Waals surface area contributed by atoms with Gasteiger partial charge >= 0.3 is 0 Å². The number of amides is 1. The van der Waals surface area contributed by atoms with E-state index >= 15 is 0 Å². The molecule has 0 radical (unpaired) electrons. The average molecular weight is 507 g/mol. The van der Waals surface area contributed by atoms with Crippen LogP contribution in [0.2, 0.25) is 0 Å². The Balaban J connectivity index is 1.48. The van der Waals surface area contributed by atoms with Crippen LogP contribution in [0.1, 0.15) is 39.3 Å². The predicted octanol–water partition coefficient (Wildman–Crippen LogP) is 3.35. The minimum atomic E-state index is -3.46. The van der Waals surface area contributed by atoms with Gasteiger partial charge in [0, 0.05) is 17.1 Å². The van der Waals surface area contributed by atoms with Crippen molar-refractivity contribution in [1.29, 1.82) is 0 Å². The van der Waals surface area contributed by atoms with Gasteiger partial charge in [0.25, 0.3) is 0 Å². The van der Waals surface area contributed by atoms with Crippen LogP contribution in [-0.2, 0) is 20.2 Å². The van der Waals surface area contributed by atoms with E-state index in [-0.39, 0.29) is 16.2 Å². The summed E-state index contributed by atoms with van der Waals surface area (Å²) in [7, 11) is -3.46. The normalized spacial score (nSPS) is 14.0. The SMILES string of the molecule is CCOc1cncc(-c2cnc(NC(=O)C(C)(C)c3csc(NS(=O)(=O)C4CC4)n3)c(F)c2)n1. The highest BCUT2D eigenvalue weighted by molar-refractivity contribution is 7.93. The first-order valence-electron chi connectivity index (χ1n) is 10.5. The van der Waals surface area contributed by atoms with E-state index in [0.717, 1.165) is 11.3 Å². The first-order chi connectivity index (χ1) is 16.1. The number of sulfonamides is 1. The maximum absolute atomic E-state index is 14.8. The molecule has 0 bridgehead atoms. The fourth-order valence-electron chi connectivity index (χ4n) is 2.95. The summed E-state index contributed by atoms with van der Waals surface area (Å²) in [5.74, 6) is -1.24. The molecule has 1 amide bonds. The number of aromatic nitrogens is 4. The first-order valence-corrected chi connectivity index (χ1v) is 12.9. The summed E-state index contributed by atoms with van der Waals surface area (Å²) in [5, 5.41) is 3.88. The Hall–Kier alpha value is -3.19. The van der Waals surface area contributed by atoms with Crippen molar-refractivity contribution in [2.75, 3.05) is 16.6 Å². The number of anilines is 2. The van der Waals surface area contributed by atoms with Crippen molar-refractivity contribution in [1.82, 2.24) is 19.9 Å². The van der Waals surface area contributed by atoms with E-state index in [4.69, 9.17) is 4.74 Å². The molecular formula is C21H23FN6O4S2.